The van der Waals surface area contributed by atoms with Crippen molar-refractivity contribution >= 4 is 23.6 Å². The van der Waals surface area contributed by atoms with Crippen LogP contribution < -0.4 is 5.32 Å². The molecule has 1 aromatic carbocycles. The summed E-state index contributed by atoms with van der Waals surface area (Å²) in [7, 11) is 0. The summed E-state index contributed by atoms with van der Waals surface area (Å²) >= 11 is 1.61. The number of carbonyl (C=O) groups is 1. The molecule has 5 nitrogen and oxygen atoms in total. The van der Waals surface area contributed by atoms with Gasteiger partial charge in [0.05, 0.1) is 0 Å². The average Bonchev–Trinajstić information content (AvgIpc) is 2.93. The van der Waals surface area contributed by atoms with Gasteiger partial charge in [-0.2, -0.15) is 18.2 Å². The molecule has 1 amide bonds. The Morgan fingerprint density at radius 1 is 1.27 bits per heavy atom. The molecule has 2 rings (SSSR count). The smallest absolute Gasteiger partial charge is 0.293 e. The van der Waals surface area contributed by atoms with Crippen molar-refractivity contribution in [3.63, 3.8) is 0 Å². The molecule has 0 aliphatic carbocycles. The monoisotopic (exact) mass is 330 g/mol. The molecule has 118 valence electrons. The number of rotatable bonds is 6. The van der Waals surface area contributed by atoms with E-state index >= 15 is 0 Å². The van der Waals surface area contributed by atoms with E-state index < -0.39 is 17.9 Å². The summed E-state index contributed by atoms with van der Waals surface area (Å²) < 4.78 is 36.9. The van der Waals surface area contributed by atoms with Crippen molar-refractivity contribution in [2.75, 3.05) is 11.1 Å². The third kappa shape index (κ3) is 5.06. The summed E-state index contributed by atoms with van der Waals surface area (Å²) in [5, 5.41) is 7.27. The van der Waals surface area contributed by atoms with Gasteiger partial charge < -0.3 is 0 Å². The number of nitrogens with zero attached hydrogens (tertiary/aromatic N) is 2. The standard InChI is InChI=1S/C13H13F3N4OS/c14-13(15,16)11-18-12(20-19-11)17-10(21)7-4-8-22-9-5-2-1-3-6-9/h1-3,5-6H,4,7-8H2,(H2,17,18,19,20,21). The average molecular weight is 330 g/mol. The van der Waals surface area contributed by atoms with Gasteiger partial charge >= 0.3 is 6.18 Å². The molecule has 0 bridgehead atoms. The van der Waals surface area contributed by atoms with Gasteiger partial charge in [0.25, 0.3) is 0 Å². The third-order valence-electron chi connectivity index (χ3n) is 2.57. The van der Waals surface area contributed by atoms with Crippen LogP contribution in [-0.2, 0) is 11.0 Å². The van der Waals surface area contributed by atoms with Crippen LogP contribution in [0, 0.1) is 0 Å². The lowest BCUT2D eigenvalue weighted by Gasteiger charge is -2.02. The van der Waals surface area contributed by atoms with Gasteiger partial charge in [0.1, 0.15) is 0 Å². The molecule has 9 heteroatoms. The van der Waals surface area contributed by atoms with Crippen molar-refractivity contribution in [2.45, 2.75) is 23.9 Å². The number of thioether (sulfide) groups is 1. The molecule has 0 aliphatic rings. The molecule has 0 atom stereocenters. The number of alkyl halides is 3. The highest BCUT2D eigenvalue weighted by atomic mass is 32.2. The number of hydrogen-bond donors (Lipinski definition) is 2. The minimum Gasteiger partial charge on any atom is -0.293 e. The van der Waals surface area contributed by atoms with Crippen LogP contribution in [0.5, 0.6) is 0 Å². The van der Waals surface area contributed by atoms with Crippen molar-refractivity contribution in [1.29, 1.82) is 0 Å². The normalized spacial score (nSPS) is 11.4. The first kappa shape index (κ1) is 16.3. The number of anilines is 1. The van der Waals surface area contributed by atoms with Gasteiger partial charge in [-0.1, -0.05) is 18.2 Å². The molecule has 0 radical (unpaired) electrons. The van der Waals surface area contributed by atoms with E-state index in [0.29, 0.717) is 6.42 Å². The Morgan fingerprint density at radius 3 is 2.64 bits per heavy atom. The highest BCUT2D eigenvalue weighted by molar-refractivity contribution is 7.99. The molecule has 0 spiro atoms. The van der Waals surface area contributed by atoms with Crippen molar-refractivity contribution in [1.82, 2.24) is 15.2 Å². The van der Waals surface area contributed by atoms with E-state index in [2.05, 4.69) is 15.4 Å². The second kappa shape index (κ2) is 7.30. The fourth-order valence-corrected chi connectivity index (χ4v) is 2.45. The zero-order valence-corrected chi connectivity index (χ0v) is 12.2. The Balaban J connectivity index is 1.71. The second-order valence-corrected chi connectivity index (χ2v) is 5.49. The molecule has 1 aromatic heterocycles. The van der Waals surface area contributed by atoms with E-state index in [9.17, 15) is 18.0 Å². The first-order valence-electron chi connectivity index (χ1n) is 6.42. The van der Waals surface area contributed by atoms with Gasteiger partial charge in [0.15, 0.2) is 0 Å². The second-order valence-electron chi connectivity index (χ2n) is 4.32. The van der Waals surface area contributed by atoms with Crippen molar-refractivity contribution in [2.24, 2.45) is 0 Å². The lowest BCUT2D eigenvalue weighted by molar-refractivity contribution is -0.144. The number of amides is 1. The molecule has 2 aromatic rings. The van der Waals surface area contributed by atoms with E-state index in [4.69, 9.17) is 0 Å². The summed E-state index contributed by atoms with van der Waals surface area (Å²) in [5.41, 5.74) is 0. The van der Waals surface area contributed by atoms with Crippen molar-refractivity contribution in [3.8, 4) is 0 Å². The lowest BCUT2D eigenvalue weighted by atomic mass is 10.3. The molecule has 0 aliphatic heterocycles. The van der Waals surface area contributed by atoms with E-state index in [-0.39, 0.29) is 12.4 Å². The van der Waals surface area contributed by atoms with Gasteiger partial charge in [0.2, 0.25) is 17.7 Å². The van der Waals surface area contributed by atoms with Crippen LogP contribution in [0.3, 0.4) is 0 Å². The van der Waals surface area contributed by atoms with E-state index in [1.165, 1.54) is 0 Å². The summed E-state index contributed by atoms with van der Waals surface area (Å²) in [6.45, 7) is 0. The fraction of sp³-hybridized carbons (Fsp3) is 0.308. The number of H-pyrrole nitrogens is 1. The quantitative estimate of drug-likeness (QED) is 0.629. The van der Waals surface area contributed by atoms with Gasteiger partial charge in [-0.25, -0.2) is 0 Å². The van der Waals surface area contributed by atoms with Gasteiger partial charge in [-0.15, -0.1) is 16.9 Å². The third-order valence-corrected chi connectivity index (χ3v) is 3.66. The van der Waals surface area contributed by atoms with Crippen LogP contribution in [-0.4, -0.2) is 26.8 Å². The highest BCUT2D eigenvalue weighted by Crippen LogP contribution is 2.26. The van der Waals surface area contributed by atoms with Crippen LogP contribution in [0.4, 0.5) is 19.1 Å². The fourth-order valence-electron chi connectivity index (χ4n) is 1.57. The Labute approximate surface area is 128 Å². The first-order chi connectivity index (χ1) is 10.4. The van der Waals surface area contributed by atoms with Crippen LogP contribution in [0.2, 0.25) is 0 Å². The summed E-state index contributed by atoms with van der Waals surface area (Å²) in [6, 6.07) is 9.71. The topological polar surface area (TPSA) is 70.7 Å². The molecular formula is C13H13F3N4OS. The SMILES string of the molecule is O=C(CCCSc1ccccc1)Nc1n[nH]c(C(F)(F)F)n1. The minimum absolute atomic E-state index is 0.190. The molecule has 0 fully saturated rings. The van der Waals surface area contributed by atoms with E-state index in [1.807, 2.05) is 30.3 Å². The Morgan fingerprint density at radius 2 is 2.00 bits per heavy atom. The van der Waals surface area contributed by atoms with E-state index in [0.717, 1.165) is 10.6 Å². The molecule has 2 N–H and O–H groups in total. The zero-order chi connectivity index (χ0) is 16.0. The maximum Gasteiger partial charge on any atom is 0.451 e. The molecule has 1 heterocycles. The molecule has 22 heavy (non-hydrogen) atoms. The number of halogens is 3. The predicted octanol–water partition coefficient (Wildman–Crippen LogP) is 3.33. The maximum atomic E-state index is 12.3. The number of aromatic nitrogens is 3. The van der Waals surface area contributed by atoms with Crippen LogP contribution in [0.25, 0.3) is 0 Å². The lowest BCUT2D eigenvalue weighted by Crippen LogP contribution is -2.13. The van der Waals surface area contributed by atoms with Crippen LogP contribution in [0.15, 0.2) is 35.2 Å². The van der Waals surface area contributed by atoms with E-state index in [1.54, 1.807) is 16.9 Å². The summed E-state index contributed by atoms with van der Waals surface area (Å²) in [5.74, 6) is -1.28. The van der Waals surface area contributed by atoms with Crippen molar-refractivity contribution < 1.29 is 18.0 Å². The van der Waals surface area contributed by atoms with Crippen molar-refractivity contribution in [3.05, 3.63) is 36.2 Å². The minimum atomic E-state index is -4.61. The first-order valence-corrected chi connectivity index (χ1v) is 7.41. The van der Waals surface area contributed by atoms with Crippen LogP contribution in [0.1, 0.15) is 18.7 Å². The van der Waals surface area contributed by atoms with Gasteiger partial charge in [-0.05, 0) is 24.3 Å². The Hall–Kier alpha value is -2.03. The zero-order valence-electron chi connectivity index (χ0n) is 11.4. The maximum absolute atomic E-state index is 12.3. The number of aromatic amines is 1. The van der Waals surface area contributed by atoms with Gasteiger partial charge in [-0.3, -0.25) is 15.2 Å². The Bertz CT molecular complexity index is 615. The highest BCUT2D eigenvalue weighted by Gasteiger charge is 2.35. The largest absolute Gasteiger partial charge is 0.451 e. The number of hydrogen-bond acceptors (Lipinski definition) is 4. The molecule has 0 saturated heterocycles. The predicted molar refractivity (Wildman–Crippen MR) is 76.4 cm³/mol. The number of nitrogens with one attached hydrogen (secondary N) is 2. The summed E-state index contributed by atoms with van der Waals surface area (Å²) in [6.07, 6.45) is -3.82. The number of benzene rings is 1. The van der Waals surface area contributed by atoms with Gasteiger partial charge in [0, 0.05) is 11.3 Å². The molecular weight excluding hydrogens is 317 g/mol. The molecule has 0 unspecified atom stereocenters. The molecule has 0 saturated carbocycles. The Kier molecular flexibility index (Phi) is 5.42. The summed E-state index contributed by atoms with van der Waals surface area (Å²) in [4.78, 5) is 15.9. The number of carbonyl (C=O) groups excluding carboxylic acids is 1. The van der Waals surface area contributed by atoms with Crippen LogP contribution >= 0.6 is 11.8 Å².